The van der Waals surface area contributed by atoms with Gasteiger partial charge in [-0.2, -0.15) is 5.26 Å². The van der Waals surface area contributed by atoms with Crippen LogP contribution in [0.2, 0.25) is 0 Å². The minimum Gasteiger partial charge on any atom is -0.491 e. The van der Waals surface area contributed by atoms with Crippen molar-refractivity contribution in [3.63, 3.8) is 0 Å². The largest absolute Gasteiger partial charge is 0.491 e. The van der Waals surface area contributed by atoms with Crippen LogP contribution < -0.4 is 15.4 Å². The normalized spacial score (nSPS) is 12.3. The molecule has 0 bridgehead atoms. The van der Waals surface area contributed by atoms with Gasteiger partial charge in [0.05, 0.1) is 11.1 Å². The van der Waals surface area contributed by atoms with E-state index >= 15 is 0 Å². The van der Waals surface area contributed by atoms with E-state index in [0.29, 0.717) is 18.2 Å². The van der Waals surface area contributed by atoms with Gasteiger partial charge in [0, 0.05) is 6.54 Å². The minimum atomic E-state index is -0.411. The molecule has 0 aliphatic heterocycles. The standard InChI is InChI=1S/C21H23N3O2S/c1-16(15-26-18-11-7-4-8-12-18)24-20(25)19(13-22)21(27-2)23-14-17-9-5-3-6-10-17/h3-12,16,23H,14-15H2,1-2H3,(H,24,25)/b21-19+. The van der Waals surface area contributed by atoms with Crippen LogP contribution in [0.25, 0.3) is 0 Å². The zero-order chi connectivity index (χ0) is 19.5. The average molecular weight is 382 g/mol. The summed E-state index contributed by atoms with van der Waals surface area (Å²) in [6.45, 7) is 2.70. The van der Waals surface area contributed by atoms with Crippen molar-refractivity contribution in [1.29, 1.82) is 5.26 Å². The number of amides is 1. The van der Waals surface area contributed by atoms with E-state index in [2.05, 4.69) is 10.6 Å². The average Bonchev–Trinajstić information content (AvgIpc) is 2.71. The summed E-state index contributed by atoms with van der Waals surface area (Å²) in [5.74, 6) is 0.329. The summed E-state index contributed by atoms with van der Waals surface area (Å²) >= 11 is 1.34. The predicted molar refractivity (Wildman–Crippen MR) is 109 cm³/mol. The number of hydrogen-bond acceptors (Lipinski definition) is 5. The number of benzene rings is 2. The van der Waals surface area contributed by atoms with Crippen LogP contribution in [-0.4, -0.2) is 24.8 Å². The molecule has 0 spiro atoms. The summed E-state index contributed by atoms with van der Waals surface area (Å²) in [6.07, 6.45) is 1.83. The fourth-order valence-corrected chi connectivity index (χ4v) is 2.88. The first-order chi connectivity index (χ1) is 13.1. The van der Waals surface area contributed by atoms with E-state index in [-0.39, 0.29) is 11.6 Å². The third kappa shape index (κ3) is 6.72. The second kappa shape index (κ2) is 10.9. The highest BCUT2D eigenvalue weighted by Crippen LogP contribution is 2.15. The topological polar surface area (TPSA) is 74.2 Å². The molecule has 1 atom stereocenters. The van der Waals surface area contributed by atoms with Gasteiger partial charge in [0.15, 0.2) is 0 Å². The number of carbonyl (C=O) groups excluding carboxylic acids is 1. The molecule has 1 unspecified atom stereocenters. The molecular weight excluding hydrogens is 358 g/mol. The molecule has 2 rings (SSSR count). The summed E-state index contributed by atoms with van der Waals surface area (Å²) in [5.41, 5.74) is 1.15. The van der Waals surface area contributed by atoms with Gasteiger partial charge in [-0.15, -0.1) is 11.8 Å². The maximum atomic E-state index is 12.5. The minimum absolute atomic E-state index is 0.0741. The van der Waals surface area contributed by atoms with Crippen molar-refractivity contribution in [1.82, 2.24) is 10.6 Å². The highest BCUT2D eigenvalue weighted by atomic mass is 32.2. The van der Waals surface area contributed by atoms with E-state index in [4.69, 9.17) is 4.74 Å². The van der Waals surface area contributed by atoms with Crippen molar-refractivity contribution in [2.45, 2.75) is 19.5 Å². The number of carbonyl (C=O) groups is 1. The molecule has 0 saturated carbocycles. The van der Waals surface area contributed by atoms with Crippen LogP contribution in [0.4, 0.5) is 0 Å². The molecule has 6 heteroatoms. The Labute approximate surface area is 164 Å². The van der Waals surface area contributed by atoms with Crippen LogP contribution in [0, 0.1) is 11.3 Å². The molecule has 0 fully saturated rings. The third-order valence-corrected chi connectivity index (χ3v) is 4.44. The van der Waals surface area contributed by atoms with E-state index in [1.807, 2.05) is 79.9 Å². The van der Waals surface area contributed by atoms with Gasteiger partial charge in [0.25, 0.3) is 5.91 Å². The Balaban J connectivity index is 1.95. The lowest BCUT2D eigenvalue weighted by Crippen LogP contribution is -2.38. The molecule has 0 aliphatic rings. The maximum Gasteiger partial charge on any atom is 0.264 e. The lowest BCUT2D eigenvalue weighted by Gasteiger charge is -2.16. The van der Waals surface area contributed by atoms with Crippen molar-refractivity contribution in [3.05, 3.63) is 76.8 Å². The molecule has 0 aliphatic carbocycles. The Morgan fingerprint density at radius 1 is 1.15 bits per heavy atom. The van der Waals surface area contributed by atoms with E-state index < -0.39 is 5.91 Å². The number of para-hydroxylation sites is 1. The Kier molecular flexibility index (Phi) is 8.27. The molecule has 1 amide bonds. The molecule has 2 N–H and O–H groups in total. The van der Waals surface area contributed by atoms with E-state index in [9.17, 15) is 10.1 Å². The van der Waals surface area contributed by atoms with Gasteiger partial charge in [0.2, 0.25) is 0 Å². The van der Waals surface area contributed by atoms with Crippen LogP contribution in [0.15, 0.2) is 71.3 Å². The number of thioether (sulfide) groups is 1. The second-order valence-corrected chi connectivity index (χ2v) is 6.67. The molecule has 2 aromatic carbocycles. The number of nitriles is 1. The number of ether oxygens (including phenoxy) is 1. The highest BCUT2D eigenvalue weighted by molar-refractivity contribution is 8.02. The van der Waals surface area contributed by atoms with Gasteiger partial charge in [-0.05, 0) is 30.9 Å². The van der Waals surface area contributed by atoms with E-state index in [0.717, 1.165) is 11.3 Å². The molecule has 0 saturated heterocycles. The van der Waals surface area contributed by atoms with Crippen molar-refractivity contribution in [3.8, 4) is 11.8 Å². The first-order valence-electron chi connectivity index (χ1n) is 8.59. The number of hydrogen-bond donors (Lipinski definition) is 2. The van der Waals surface area contributed by atoms with Crippen LogP contribution >= 0.6 is 11.8 Å². The monoisotopic (exact) mass is 381 g/mol. The molecule has 27 heavy (non-hydrogen) atoms. The Hall–Kier alpha value is -2.91. The number of rotatable bonds is 9. The first kappa shape index (κ1) is 20.4. The molecule has 0 radical (unpaired) electrons. The molecule has 140 valence electrons. The zero-order valence-electron chi connectivity index (χ0n) is 15.4. The van der Waals surface area contributed by atoms with Crippen molar-refractivity contribution >= 4 is 17.7 Å². The molecule has 0 heterocycles. The van der Waals surface area contributed by atoms with Crippen molar-refractivity contribution in [2.24, 2.45) is 0 Å². The lowest BCUT2D eigenvalue weighted by molar-refractivity contribution is -0.117. The fourth-order valence-electron chi connectivity index (χ4n) is 2.32. The van der Waals surface area contributed by atoms with Crippen molar-refractivity contribution in [2.75, 3.05) is 12.9 Å². The smallest absolute Gasteiger partial charge is 0.264 e. The molecule has 2 aromatic rings. The quantitative estimate of drug-likeness (QED) is 0.514. The third-order valence-electron chi connectivity index (χ3n) is 3.69. The summed E-state index contributed by atoms with van der Waals surface area (Å²) in [7, 11) is 0. The van der Waals surface area contributed by atoms with Crippen LogP contribution in [0.5, 0.6) is 5.75 Å². The van der Waals surface area contributed by atoms with Gasteiger partial charge in [-0.3, -0.25) is 4.79 Å². The Bertz CT molecular complexity index is 801. The fraction of sp³-hybridized carbons (Fsp3) is 0.238. The molecule has 0 aromatic heterocycles. The molecular formula is C21H23N3O2S. The van der Waals surface area contributed by atoms with Gasteiger partial charge in [0.1, 0.15) is 24.0 Å². The van der Waals surface area contributed by atoms with Crippen LogP contribution in [-0.2, 0) is 11.3 Å². The van der Waals surface area contributed by atoms with Gasteiger partial charge in [-0.1, -0.05) is 48.5 Å². The van der Waals surface area contributed by atoms with Crippen LogP contribution in [0.3, 0.4) is 0 Å². The van der Waals surface area contributed by atoms with Gasteiger partial charge in [-0.25, -0.2) is 0 Å². The van der Waals surface area contributed by atoms with E-state index in [1.165, 1.54) is 11.8 Å². The Morgan fingerprint density at radius 3 is 2.37 bits per heavy atom. The lowest BCUT2D eigenvalue weighted by atomic mass is 10.2. The summed E-state index contributed by atoms with van der Waals surface area (Å²) < 4.78 is 5.64. The Morgan fingerprint density at radius 2 is 1.78 bits per heavy atom. The first-order valence-corrected chi connectivity index (χ1v) is 9.81. The molecule has 5 nitrogen and oxygen atoms in total. The number of nitrogens with zero attached hydrogens (tertiary/aromatic N) is 1. The van der Waals surface area contributed by atoms with Crippen LogP contribution in [0.1, 0.15) is 12.5 Å². The van der Waals surface area contributed by atoms with Gasteiger partial charge >= 0.3 is 0 Å². The summed E-state index contributed by atoms with van der Waals surface area (Å²) in [6, 6.07) is 21.0. The highest BCUT2D eigenvalue weighted by Gasteiger charge is 2.17. The van der Waals surface area contributed by atoms with Crippen molar-refractivity contribution < 1.29 is 9.53 Å². The summed E-state index contributed by atoms with van der Waals surface area (Å²) in [4.78, 5) is 12.5. The predicted octanol–water partition coefficient (Wildman–Crippen LogP) is 3.46. The second-order valence-electron chi connectivity index (χ2n) is 5.86. The SMILES string of the molecule is CS/C(NCc1ccccc1)=C(\C#N)C(=O)NC(C)COc1ccccc1. The summed E-state index contributed by atoms with van der Waals surface area (Å²) in [5, 5.41) is 16.0. The van der Waals surface area contributed by atoms with E-state index in [1.54, 1.807) is 0 Å². The number of nitrogens with one attached hydrogen (secondary N) is 2. The maximum absolute atomic E-state index is 12.5. The van der Waals surface area contributed by atoms with Gasteiger partial charge < -0.3 is 15.4 Å². The zero-order valence-corrected chi connectivity index (χ0v) is 16.3.